The van der Waals surface area contributed by atoms with Crippen LogP contribution in [0.4, 0.5) is 17.1 Å². The van der Waals surface area contributed by atoms with Gasteiger partial charge in [0.15, 0.2) is 0 Å². The number of nitrogens with zero attached hydrogens (tertiary/aromatic N) is 1. The molecule has 0 aliphatic carbocycles. The van der Waals surface area contributed by atoms with Crippen molar-refractivity contribution in [3.8, 4) is 0 Å². The van der Waals surface area contributed by atoms with Crippen molar-refractivity contribution < 1.29 is 4.79 Å². The van der Waals surface area contributed by atoms with Crippen LogP contribution >= 0.6 is 0 Å². The van der Waals surface area contributed by atoms with Crippen LogP contribution in [0.25, 0.3) is 0 Å². The van der Waals surface area contributed by atoms with E-state index in [0.29, 0.717) is 11.3 Å². The highest BCUT2D eigenvalue weighted by Gasteiger charge is 2.07. The molecular formula is C19H17N3O2. The number of nitrogens with one attached hydrogen (secondary N) is 2. The molecule has 0 atom stereocenters. The van der Waals surface area contributed by atoms with Crippen molar-refractivity contribution >= 4 is 23.0 Å². The van der Waals surface area contributed by atoms with Gasteiger partial charge in [-0.15, -0.1) is 0 Å². The fraction of sp³-hybridized carbons (Fsp3) is 0.0526. The van der Waals surface area contributed by atoms with E-state index in [1.54, 1.807) is 19.3 Å². The summed E-state index contributed by atoms with van der Waals surface area (Å²) in [5.74, 6) is -0.309. The number of carbonyl (C=O) groups is 1. The van der Waals surface area contributed by atoms with E-state index >= 15 is 0 Å². The van der Waals surface area contributed by atoms with Crippen LogP contribution in [-0.4, -0.2) is 10.5 Å². The molecule has 0 unspecified atom stereocenters. The fourth-order valence-corrected chi connectivity index (χ4v) is 2.22. The van der Waals surface area contributed by atoms with Crippen LogP contribution in [0.3, 0.4) is 0 Å². The van der Waals surface area contributed by atoms with Gasteiger partial charge in [-0.05, 0) is 42.5 Å². The molecule has 1 amide bonds. The molecular weight excluding hydrogens is 302 g/mol. The van der Waals surface area contributed by atoms with Gasteiger partial charge < -0.3 is 15.2 Å². The van der Waals surface area contributed by atoms with E-state index in [1.807, 2.05) is 54.6 Å². The smallest absolute Gasteiger partial charge is 0.255 e. The Bertz CT molecular complexity index is 900. The van der Waals surface area contributed by atoms with E-state index in [-0.39, 0.29) is 11.5 Å². The van der Waals surface area contributed by atoms with E-state index in [1.165, 1.54) is 10.6 Å². The first kappa shape index (κ1) is 15.6. The van der Waals surface area contributed by atoms with Crippen molar-refractivity contribution in [2.75, 3.05) is 10.6 Å². The molecule has 0 aliphatic rings. The van der Waals surface area contributed by atoms with Crippen LogP contribution in [0.1, 0.15) is 10.4 Å². The number of rotatable bonds is 4. The molecule has 3 rings (SSSR count). The maximum atomic E-state index is 12.2. The van der Waals surface area contributed by atoms with Gasteiger partial charge in [0.25, 0.3) is 11.5 Å². The summed E-state index contributed by atoms with van der Waals surface area (Å²) in [6, 6.07) is 20.1. The molecule has 0 fully saturated rings. The Labute approximate surface area is 139 Å². The van der Waals surface area contributed by atoms with Crippen molar-refractivity contribution in [1.82, 2.24) is 4.57 Å². The number of benzene rings is 2. The standard InChI is InChI=1S/C19H17N3O2/c1-22-12-11-14(13-18(22)23)19(24)21-17-9-7-16(8-10-17)20-15-5-3-2-4-6-15/h2-13,20H,1H3,(H,21,24). The van der Waals surface area contributed by atoms with Crippen molar-refractivity contribution in [3.05, 3.63) is 88.8 Å². The number of hydrogen-bond acceptors (Lipinski definition) is 3. The van der Waals surface area contributed by atoms with Crippen LogP contribution in [0.15, 0.2) is 77.7 Å². The molecule has 2 aromatic carbocycles. The second kappa shape index (κ2) is 6.83. The number of carbonyl (C=O) groups excluding carboxylic acids is 1. The van der Waals surface area contributed by atoms with E-state index in [4.69, 9.17) is 0 Å². The molecule has 0 spiro atoms. The van der Waals surface area contributed by atoms with Gasteiger partial charge in [0.2, 0.25) is 0 Å². The third-order valence-electron chi connectivity index (χ3n) is 3.57. The summed E-state index contributed by atoms with van der Waals surface area (Å²) in [4.78, 5) is 23.8. The van der Waals surface area contributed by atoms with Crippen LogP contribution in [0.2, 0.25) is 0 Å². The molecule has 1 heterocycles. The third kappa shape index (κ3) is 3.70. The maximum absolute atomic E-state index is 12.2. The summed E-state index contributed by atoms with van der Waals surface area (Å²) in [5.41, 5.74) is 2.70. The predicted molar refractivity (Wildman–Crippen MR) is 95.8 cm³/mol. The topological polar surface area (TPSA) is 63.1 Å². The first-order chi connectivity index (χ1) is 11.6. The maximum Gasteiger partial charge on any atom is 0.255 e. The molecule has 120 valence electrons. The van der Waals surface area contributed by atoms with Gasteiger partial charge in [-0.2, -0.15) is 0 Å². The minimum atomic E-state index is -0.309. The van der Waals surface area contributed by atoms with Gasteiger partial charge in [-0.3, -0.25) is 9.59 Å². The zero-order chi connectivity index (χ0) is 16.9. The molecule has 0 saturated carbocycles. The summed E-state index contributed by atoms with van der Waals surface area (Å²) in [7, 11) is 1.64. The second-order valence-corrected chi connectivity index (χ2v) is 5.39. The quantitative estimate of drug-likeness (QED) is 0.775. The highest BCUT2D eigenvalue weighted by atomic mass is 16.2. The largest absolute Gasteiger partial charge is 0.356 e. The first-order valence-corrected chi connectivity index (χ1v) is 7.52. The van der Waals surface area contributed by atoms with Gasteiger partial charge in [0.1, 0.15) is 0 Å². The van der Waals surface area contributed by atoms with Crippen molar-refractivity contribution in [2.45, 2.75) is 0 Å². The monoisotopic (exact) mass is 319 g/mol. The number of aryl methyl sites for hydroxylation is 1. The fourth-order valence-electron chi connectivity index (χ4n) is 2.22. The minimum Gasteiger partial charge on any atom is -0.356 e. The normalized spacial score (nSPS) is 10.2. The molecule has 0 aliphatic heterocycles. The Kier molecular flexibility index (Phi) is 4.43. The second-order valence-electron chi connectivity index (χ2n) is 5.39. The molecule has 0 radical (unpaired) electrons. The van der Waals surface area contributed by atoms with Gasteiger partial charge in [-0.1, -0.05) is 18.2 Å². The van der Waals surface area contributed by atoms with Crippen LogP contribution in [0, 0.1) is 0 Å². The lowest BCUT2D eigenvalue weighted by Crippen LogP contribution is -2.19. The van der Waals surface area contributed by atoms with Crippen molar-refractivity contribution in [3.63, 3.8) is 0 Å². The minimum absolute atomic E-state index is 0.218. The number of pyridine rings is 1. The molecule has 5 heteroatoms. The lowest BCUT2D eigenvalue weighted by molar-refractivity contribution is 0.102. The summed E-state index contributed by atoms with van der Waals surface area (Å²) in [5, 5.41) is 6.05. The SMILES string of the molecule is Cn1ccc(C(=O)Nc2ccc(Nc3ccccc3)cc2)cc1=O. The van der Waals surface area contributed by atoms with Gasteiger partial charge in [-0.25, -0.2) is 0 Å². The van der Waals surface area contributed by atoms with Crippen LogP contribution in [0.5, 0.6) is 0 Å². The summed E-state index contributed by atoms with van der Waals surface area (Å²) >= 11 is 0. The Morgan fingerprint density at radius 1 is 0.875 bits per heavy atom. The third-order valence-corrected chi connectivity index (χ3v) is 3.57. The summed E-state index contributed by atoms with van der Waals surface area (Å²) in [6.07, 6.45) is 1.57. The molecule has 0 saturated heterocycles. The van der Waals surface area contributed by atoms with Crippen LogP contribution in [-0.2, 0) is 7.05 Å². The Morgan fingerprint density at radius 2 is 1.50 bits per heavy atom. The number of anilines is 3. The number of amides is 1. The molecule has 0 bridgehead atoms. The number of hydrogen-bond donors (Lipinski definition) is 2. The first-order valence-electron chi connectivity index (χ1n) is 7.52. The molecule has 2 N–H and O–H groups in total. The van der Waals surface area contributed by atoms with Crippen molar-refractivity contribution in [1.29, 1.82) is 0 Å². The van der Waals surface area contributed by atoms with Crippen molar-refractivity contribution in [2.24, 2.45) is 7.05 Å². The van der Waals surface area contributed by atoms with Gasteiger partial charge in [0, 0.05) is 41.9 Å². The Hall–Kier alpha value is -3.34. The molecule has 5 nitrogen and oxygen atoms in total. The Morgan fingerprint density at radius 3 is 2.17 bits per heavy atom. The predicted octanol–water partition coefficient (Wildman–Crippen LogP) is 3.38. The van der Waals surface area contributed by atoms with E-state index in [2.05, 4.69) is 10.6 Å². The average molecular weight is 319 g/mol. The lowest BCUT2D eigenvalue weighted by atomic mass is 10.2. The highest BCUT2D eigenvalue weighted by Crippen LogP contribution is 2.19. The highest BCUT2D eigenvalue weighted by molar-refractivity contribution is 6.04. The molecule has 3 aromatic rings. The van der Waals surface area contributed by atoms with E-state index in [9.17, 15) is 9.59 Å². The summed E-state index contributed by atoms with van der Waals surface area (Å²) in [6.45, 7) is 0. The van der Waals surface area contributed by atoms with Crippen LogP contribution < -0.4 is 16.2 Å². The zero-order valence-corrected chi connectivity index (χ0v) is 13.2. The lowest BCUT2D eigenvalue weighted by Gasteiger charge is -2.09. The Balaban J connectivity index is 1.68. The van der Waals surface area contributed by atoms with Gasteiger partial charge in [0.05, 0.1) is 0 Å². The van der Waals surface area contributed by atoms with Gasteiger partial charge >= 0.3 is 0 Å². The number of para-hydroxylation sites is 1. The average Bonchev–Trinajstić information content (AvgIpc) is 2.60. The molecule has 24 heavy (non-hydrogen) atoms. The molecule has 1 aromatic heterocycles. The van der Waals surface area contributed by atoms with E-state index in [0.717, 1.165) is 11.4 Å². The summed E-state index contributed by atoms with van der Waals surface area (Å²) < 4.78 is 1.42. The number of aromatic nitrogens is 1. The van der Waals surface area contributed by atoms with E-state index < -0.39 is 0 Å². The zero-order valence-electron chi connectivity index (χ0n) is 13.2.